The topological polar surface area (TPSA) is 49.3 Å². The van der Waals surface area contributed by atoms with Gasteiger partial charge in [0.05, 0.1) is 0 Å². The Labute approximate surface area is 86.2 Å². The Balaban J connectivity index is 3.29. The second kappa shape index (κ2) is 8.75. The number of carboxylic acid groups (broad SMARTS) is 1. The van der Waals surface area contributed by atoms with Gasteiger partial charge in [0.15, 0.2) is 0 Å². The Morgan fingerprint density at radius 2 is 2.07 bits per heavy atom. The summed E-state index contributed by atoms with van der Waals surface area (Å²) in [4.78, 5) is 10.4. The highest BCUT2D eigenvalue weighted by atomic mass is 16.4. The zero-order chi connectivity index (χ0) is 10.8. The first kappa shape index (κ1) is 13.2. The molecule has 0 radical (unpaired) electrons. The van der Waals surface area contributed by atoms with Crippen molar-refractivity contribution in [2.45, 2.75) is 39.5 Å². The quantitative estimate of drug-likeness (QED) is 0.465. The highest BCUT2D eigenvalue weighted by Gasteiger charge is 1.96. The van der Waals surface area contributed by atoms with Gasteiger partial charge in [0, 0.05) is 12.1 Å². The minimum absolute atomic E-state index is 0.408. The number of hydrogen-bond acceptors (Lipinski definition) is 2. The lowest BCUT2D eigenvalue weighted by atomic mass is 10.2. The molecule has 0 saturated heterocycles. The fraction of sp³-hybridized carbons (Fsp3) is 0.727. The number of carbonyl (C=O) groups is 1. The molecule has 0 heterocycles. The molecule has 0 aliphatic heterocycles. The van der Waals surface area contributed by atoms with E-state index in [9.17, 15) is 4.79 Å². The molecule has 0 aromatic rings. The standard InChI is InChI=1S/C11H21NO2/c1-3-4-5-6-8-12-9-7-10(2)11(13)14/h7,12H,3-6,8-9H2,1-2H3,(H,13,14)/b10-7-. The Kier molecular flexibility index (Phi) is 8.24. The molecule has 3 nitrogen and oxygen atoms in total. The first-order valence-corrected chi connectivity index (χ1v) is 5.29. The van der Waals surface area contributed by atoms with Gasteiger partial charge in [0.25, 0.3) is 0 Å². The van der Waals surface area contributed by atoms with Gasteiger partial charge in [-0.1, -0.05) is 32.3 Å². The molecule has 0 bridgehead atoms. The zero-order valence-corrected chi connectivity index (χ0v) is 9.18. The zero-order valence-electron chi connectivity index (χ0n) is 9.18. The van der Waals surface area contributed by atoms with Crippen LogP contribution in [0.3, 0.4) is 0 Å². The van der Waals surface area contributed by atoms with Crippen molar-refractivity contribution in [1.82, 2.24) is 5.32 Å². The molecule has 0 saturated carbocycles. The van der Waals surface area contributed by atoms with Crippen molar-refractivity contribution in [3.63, 3.8) is 0 Å². The van der Waals surface area contributed by atoms with E-state index in [-0.39, 0.29) is 0 Å². The lowest BCUT2D eigenvalue weighted by Crippen LogP contribution is -2.16. The first-order chi connectivity index (χ1) is 6.68. The summed E-state index contributed by atoms with van der Waals surface area (Å²) in [5, 5.41) is 11.7. The Morgan fingerprint density at radius 3 is 2.64 bits per heavy atom. The van der Waals surface area contributed by atoms with Crippen molar-refractivity contribution in [3.05, 3.63) is 11.6 Å². The third kappa shape index (κ3) is 7.80. The molecule has 0 aliphatic carbocycles. The molecule has 14 heavy (non-hydrogen) atoms. The van der Waals surface area contributed by atoms with Gasteiger partial charge in [-0.05, 0) is 19.9 Å². The molecule has 0 aliphatic rings. The fourth-order valence-corrected chi connectivity index (χ4v) is 1.09. The van der Waals surface area contributed by atoms with Crippen LogP contribution in [0.1, 0.15) is 39.5 Å². The Bertz CT molecular complexity index is 188. The summed E-state index contributed by atoms with van der Waals surface area (Å²) in [6, 6.07) is 0. The molecule has 0 fully saturated rings. The van der Waals surface area contributed by atoms with E-state index in [1.54, 1.807) is 13.0 Å². The van der Waals surface area contributed by atoms with Crippen LogP contribution < -0.4 is 5.32 Å². The summed E-state index contributed by atoms with van der Waals surface area (Å²) >= 11 is 0. The molecule has 2 N–H and O–H groups in total. The molecule has 0 rings (SSSR count). The monoisotopic (exact) mass is 199 g/mol. The highest BCUT2D eigenvalue weighted by Crippen LogP contribution is 1.97. The lowest BCUT2D eigenvalue weighted by molar-refractivity contribution is -0.132. The number of unbranched alkanes of at least 4 members (excludes halogenated alkanes) is 3. The summed E-state index contributed by atoms with van der Waals surface area (Å²) in [5.41, 5.74) is 0.408. The third-order valence-electron chi connectivity index (χ3n) is 2.10. The van der Waals surface area contributed by atoms with Crippen LogP contribution in [0.5, 0.6) is 0 Å². The molecule has 0 aromatic heterocycles. The Morgan fingerprint density at radius 1 is 1.36 bits per heavy atom. The number of carboxylic acids is 1. The fourth-order valence-electron chi connectivity index (χ4n) is 1.09. The van der Waals surface area contributed by atoms with Crippen molar-refractivity contribution in [2.75, 3.05) is 13.1 Å². The second-order valence-corrected chi connectivity index (χ2v) is 3.46. The summed E-state index contributed by atoms with van der Waals surface area (Å²) in [6.07, 6.45) is 6.67. The molecular formula is C11H21NO2. The van der Waals surface area contributed by atoms with Gasteiger partial charge in [-0.2, -0.15) is 0 Å². The maximum atomic E-state index is 10.4. The van der Waals surface area contributed by atoms with E-state index in [0.29, 0.717) is 12.1 Å². The van der Waals surface area contributed by atoms with E-state index in [4.69, 9.17) is 5.11 Å². The van der Waals surface area contributed by atoms with Gasteiger partial charge in [0.2, 0.25) is 0 Å². The minimum atomic E-state index is -0.835. The number of nitrogens with one attached hydrogen (secondary N) is 1. The van der Waals surface area contributed by atoms with Crippen LogP contribution in [0.4, 0.5) is 0 Å². The van der Waals surface area contributed by atoms with E-state index >= 15 is 0 Å². The van der Waals surface area contributed by atoms with Crippen LogP contribution in [0.2, 0.25) is 0 Å². The smallest absolute Gasteiger partial charge is 0.330 e. The lowest BCUT2D eigenvalue weighted by Gasteiger charge is -2.01. The largest absolute Gasteiger partial charge is 0.478 e. The van der Waals surface area contributed by atoms with Crippen LogP contribution in [0, 0.1) is 0 Å². The summed E-state index contributed by atoms with van der Waals surface area (Å²) < 4.78 is 0. The first-order valence-electron chi connectivity index (χ1n) is 5.29. The summed E-state index contributed by atoms with van der Waals surface area (Å²) in [7, 11) is 0. The predicted octanol–water partition coefficient (Wildman–Crippen LogP) is 2.19. The molecule has 3 heteroatoms. The van der Waals surface area contributed by atoms with Crippen molar-refractivity contribution in [2.24, 2.45) is 0 Å². The van der Waals surface area contributed by atoms with E-state index in [1.807, 2.05) is 0 Å². The van der Waals surface area contributed by atoms with Crippen molar-refractivity contribution < 1.29 is 9.90 Å². The highest BCUT2D eigenvalue weighted by molar-refractivity contribution is 5.85. The normalized spacial score (nSPS) is 11.7. The van der Waals surface area contributed by atoms with Gasteiger partial charge >= 0.3 is 5.97 Å². The van der Waals surface area contributed by atoms with Crippen LogP contribution in [-0.4, -0.2) is 24.2 Å². The van der Waals surface area contributed by atoms with Crippen molar-refractivity contribution >= 4 is 5.97 Å². The molecule has 0 atom stereocenters. The SMILES string of the molecule is CCCCCCNC/C=C(/C)C(=O)O. The average Bonchev–Trinajstić information content (AvgIpc) is 2.16. The van der Waals surface area contributed by atoms with Crippen LogP contribution in [0.25, 0.3) is 0 Å². The van der Waals surface area contributed by atoms with Gasteiger partial charge in [0.1, 0.15) is 0 Å². The minimum Gasteiger partial charge on any atom is -0.478 e. The Hall–Kier alpha value is -0.830. The molecule has 0 amide bonds. The maximum Gasteiger partial charge on any atom is 0.330 e. The number of aliphatic carboxylic acids is 1. The molecule has 0 unspecified atom stereocenters. The van der Waals surface area contributed by atoms with Crippen molar-refractivity contribution in [3.8, 4) is 0 Å². The number of rotatable bonds is 8. The summed E-state index contributed by atoms with van der Waals surface area (Å²) in [5.74, 6) is -0.835. The average molecular weight is 199 g/mol. The van der Waals surface area contributed by atoms with E-state index < -0.39 is 5.97 Å². The van der Waals surface area contributed by atoms with E-state index in [0.717, 1.165) is 6.54 Å². The molecule has 82 valence electrons. The maximum absolute atomic E-state index is 10.4. The van der Waals surface area contributed by atoms with E-state index in [1.165, 1.54) is 25.7 Å². The van der Waals surface area contributed by atoms with Gasteiger partial charge in [-0.3, -0.25) is 0 Å². The third-order valence-corrected chi connectivity index (χ3v) is 2.10. The number of hydrogen-bond donors (Lipinski definition) is 2. The van der Waals surface area contributed by atoms with Crippen LogP contribution >= 0.6 is 0 Å². The van der Waals surface area contributed by atoms with Gasteiger partial charge < -0.3 is 10.4 Å². The van der Waals surface area contributed by atoms with Crippen LogP contribution in [0.15, 0.2) is 11.6 Å². The molecule has 0 spiro atoms. The van der Waals surface area contributed by atoms with Gasteiger partial charge in [-0.25, -0.2) is 4.79 Å². The van der Waals surface area contributed by atoms with Crippen LogP contribution in [-0.2, 0) is 4.79 Å². The summed E-state index contributed by atoms with van der Waals surface area (Å²) in [6.45, 7) is 5.43. The predicted molar refractivity (Wildman–Crippen MR) is 58.4 cm³/mol. The van der Waals surface area contributed by atoms with E-state index in [2.05, 4.69) is 12.2 Å². The molecular weight excluding hydrogens is 178 g/mol. The molecule has 0 aromatic carbocycles. The second-order valence-electron chi connectivity index (χ2n) is 3.46. The van der Waals surface area contributed by atoms with Crippen molar-refractivity contribution in [1.29, 1.82) is 0 Å². The van der Waals surface area contributed by atoms with Gasteiger partial charge in [-0.15, -0.1) is 0 Å².